The first-order valence-electron chi connectivity index (χ1n) is 11.7. The van der Waals surface area contributed by atoms with Gasteiger partial charge in [0.25, 0.3) is 0 Å². The number of aldehydes is 2. The molecule has 0 bridgehead atoms. The highest BCUT2D eigenvalue weighted by Crippen LogP contribution is 2.23. The van der Waals surface area contributed by atoms with Gasteiger partial charge in [0.05, 0.1) is 5.70 Å². The van der Waals surface area contributed by atoms with Crippen LogP contribution in [0, 0.1) is 0 Å². The van der Waals surface area contributed by atoms with Gasteiger partial charge in [-0.05, 0) is 51.7 Å². The van der Waals surface area contributed by atoms with Gasteiger partial charge in [0.2, 0.25) is 5.78 Å². The summed E-state index contributed by atoms with van der Waals surface area (Å²) in [6.07, 6.45) is 15.8. The number of nitrogens with one attached hydrogen (secondary N) is 1. The summed E-state index contributed by atoms with van der Waals surface area (Å²) in [5.74, 6) is -0.0616. The van der Waals surface area contributed by atoms with Crippen LogP contribution in [-0.4, -0.2) is 57.3 Å². The van der Waals surface area contributed by atoms with Crippen LogP contribution >= 0.6 is 0 Å². The lowest BCUT2D eigenvalue weighted by molar-refractivity contribution is -0.113. The Kier molecular flexibility index (Phi) is 15.0. The number of unbranched alkanes of at least 4 members (excludes halogenated alkanes) is 10. The minimum absolute atomic E-state index is 0.0616. The standard InChI is InChI=1S/C24H39BN2O3/c1-21-22(25)23(24(21)30)26-15-14-18-27(16-10-6-2-4-8-12-19-28)17-11-7-3-5-9-13-20-29/h19-20,26H,1-18H2. The number of ketones is 1. The van der Waals surface area contributed by atoms with E-state index >= 15 is 0 Å². The average molecular weight is 414 g/mol. The molecule has 0 atom stereocenters. The number of rotatable bonds is 21. The fourth-order valence-electron chi connectivity index (χ4n) is 3.70. The third-order valence-corrected chi connectivity index (χ3v) is 5.64. The molecule has 5 nitrogen and oxygen atoms in total. The zero-order valence-corrected chi connectivity index (χ0v) is 18.6. The zero-order chi connectivity index (χ0) is 22.0. The highest BCUT2D eigenvalue weighted by atomic mass is 16.1. The molecular weight excluding hydrogens is 375 g/mol. The molecule has 0 aromatic heterocycles. The number of Topliss-reactive ketones (excluding diaryl/α,β-unsaturated/α-hetero) is 1. The first-order chi connectivity index (χ1) is 14.6. The van der Waals surface area contributed by atoms with Crippen molar-refractivity contribution in [3.63, 3.8) is 0 Å². The molecule has 0 unspecified atom stereocenters. The molecule has 30 heavy (non-hydrogen) atoms. The number of allylic oxidation sites excluding steroid dienone is 2. The van der Waals surface area contributed by atoms with E-state index in [9.17, 15) is 14.4 Å². The van der Waals surface area contributed by atoms with Crippen molar-refractivity contribution in [2.24, 2.45) is 0 Å². The highest BCUT2D eigenvalue weighted by molar-refractivity contribution is 6.39. The van der Waals surface area contributed by atoms with E-state index in [1.807, 2.05) is 0 Å². The summed E-state index contributed by atoms with van der Waals surface area (Å²) in [5, 5.41) is 3.16. The van der Waals surface area contributed by atoms with Crippen molar-refractivity contribution in [3.8, 4) is 0 Å². The monoisotopic (exact) mass is 414 g/mol. The minimum atomic E-state index is -0.0616. The predicted octanol–water partition coefficient (Wildman–Crippen LogP) is 3.87. The van der Waals surface area contributed by atoms with Crippen molar-refractivity contribution in [2.75, 3.05) is 26.2 Å². The van der Waals surface area contributed by atoms with E-state index in [-0.39, 0.29) is 5.78 Å². The quantitative estimate of drug-likeness (QED) is 0.134. The Hall–Kier alpha value is -1.69. The number of hydrogen-bond acceptors (Lipinski definition) is 5. The summed E-state index contributed by atoms with van der Waals surface area (Å²) in [4.78, 5) is 34.9. The summed E-state index contributed by atoms with van der Waals surface area (Å²) in [7, 11) is 5.80. The summed E-state index contributed by atoms with van der Waals surface area (Å²) < 4.78 is 0. The fraction of sp³-hybridized carbons (Fsp3) is 0.708. The van der Waals surface area contributed by atoms with Gasteiger partial charge in [-0.2, -0.15) is 0 Å². The lowest BCUT2D eigenvalue weighted by Crippen LogP contribution is -2.35. The van der Waals surface area contributed by atoms with Crippen LogP contribution < -0.4 is 5.32 Å². The Bertz CT molecular complexity index is 553. The van der Waals surface area contributed by atoms with Crippen LogP contribution in [0.2, 0.25) is 0 Å². The van der Waals surface area contributed by atoms with Gasteiger partial charge < -0.3 is 19.8 Å². The van der Waals surface area contributed by atoms with Gasteiger partial charge in [0, 0.05) is 25.0 Å². The Morgan fingerprint density at radius 1 is 0.767 bits per heavy atom. The molecule has 1 rings (SSSR count). The summed E-state index contributed by atoms with van der Waals surface area (Å²) in [5.41, 5.74) is 1.44. The molecule has 0 aromatic carbocycles. The van der Waals surface area contributed by atoms with Crippen molar-refractivity contribution < 1.29 is 14.4 Å². The Balaban J connectivity index is 2.23. The molecule has 1 aliphatic rings. The van der Waals surface area contributed by atoms with Gasteiger partial charge in [0.15, 0.2) is 0 Å². The van der Waals surface area contributed by atoms with Crippen LogP contribution in [0.15, 0.2) is 23.3 Å². The second kappa shape index (κ2) is 17.0. The maximum Gasteiger partial charge on any atom is 0.207 e. The lowest BCUT2D eigenvalue weighted by atomic mass is 9.74. The van der Waals surface area contributed by atoms with Gasteiger partial charge >= 0.3 is 0 Å². The molecule has 2 radical (unpaired) electrons. The molecule has 1 aliphatic carbocycles. The normalized spacial score (nSPS) is 13.6. The Labute approximate surface area is 184 Å². The molecule has 0 aromatic rings. The second-order valence-electron chi connectivity index (χ2n) is 8.16. The summed E-state index contributed by atoms with van der Waals surface area (Å²) >= 11 is 0. The maximum absolute atomic E-state index is 11.7. The molecule has 1 N–H and O–H groups in total. The first-order valence-corrected chi connectivity index (χ1v) is 11.7. The largest absolute Gasteiger partial charge is 0.382 e. The van der Waals surface area contributed by atoms with Gasteiger partial charge in [-0.3, -0.25) is 4.79 Å². The first kappa shape index (κ1) is 26.4. The maximum atomic E-state index is 11.7. The number of carbonyl (C=O) groups is 3. The van der Waals surface area contributed by atoms with Crippen LogP contribution in [0.3, 0.4) is 0 Å². The van der Waals surface area contributed by atoms with Crippen molar-refractivity contribution in [1.29, 1.82) is 0 Å². The molecule has 0 spiro atoms. The molecular formula is C24H39BN2O3. The summed E-state index contributed by atoms with van der Waals surface area (Å²) in [6.45, 7) is 7.58. The van der Waals surface area contributed by atoms with E-state index < -0.39 is 0 Å². The van der Waals surface area contributed by atoms with E-state index in [1.54, 1.807) is 0 Å². The fourth-order valence-corrected chi connectivity index (χ4v) is 3.70. The molecule has 0 heterocycles. The van der Waals surface area contributed by atoms with Crippen LogP contribution in [0.4, 0.5) is 0 Å². The van der Waals surface area contributed by atoms with Gasteiger partial charge in [0.1, 0.15) is 20.4 Å². The number of carbonyl (C=O) groups excluding carboxylic acids is 3. The van der Waals surface area contributed by atoms with Gasteiger partial charge in [-0.25, -0.2) is 0 Å². The second-order valence-corrected chi connectivity index (χ2v) is 8.16. The lowest BCUT2D eigenvalue weighted by Gasteiger charge is -2.25. The molecule has 0 amide bonds. The van der Waals surface area contributed by atoms with E-state index in [2.05, 4.69) is 16.8 Å². The third kappa shape index (κ3) is 10.9. The highest BCUT2D eigenvalue weighted by Gasteiger charge is 2.27. The van der Waals surface area contributed by atoms with Crippen molar-refractivity contribution in [2.45, 2.75) is 83.5 Å². The van der Waals surface area contributed by atoms with Crippen molar-refractivity contribution in [3.05, 3.63) is 23.3 Å². The minimum Gasteiger partial charge on any atom is -0.382 e. The smallest absolute Gasteiger partial charge is 0.207 e. The SMILES string of the molecule is [B]C1=C(NCCCN(CCCCCCCC=O)CCCCCCCC=O)C(=O)C1=C. The van der Waals surface area contributed by atoms with E-state index in [4.69, 9.17) is 7.85 Å². The Morgan fingerprint density at radius 2 is 1.23 bits per heavy atom. The van der Waals surface area contributed by atoms with Crippen LogP contribution in [0.25, 0.3) is 0 Å². The zero-order valence-electron chi connectivity index (χ0n) is 18.6. The molecule has 0 aliphatic heterocycles. The molecule has 6 heteroatoms. The van der Waals surface area contributed by atoms with Crippen LogP contribution in [-0.2, 0) is 14.4 Å². The Morgan fingerprint density at radius 3 is 1.73 bits per heavy atom. The molecule has 0 saturated carbocycles. The summed E-state index contributed by atoms with van der Waals surface area (Å²) in [6, 6.07) is 0. The van der Waals surface area contributed by atoms with E-state index in [1.165, 1.54) is 38.5 Å². The average Bonchev–Trinajstić information content (AvgIpc) is 2.76. The molecule has 0 saturated heterocycles. The predicted molar refractivity (Wildman–Crippen MR) is 124 cm³/mol. The van der Waals surface area contributed by atoms with Crippen molar-refractivity contribution >= 4 is 26.2 Å². The van der Waals surface area contributed by atoms with Crippen LogP contribution in [0.1, 0.15) is 83.5 Å². The van der Waals surface area contributed by atoms with Crippen LogP contribution in [0.5, 0.6) is 0 Å². The van der Waals surface area contributed by atoms with E-state index in [0.717, 1.165) is 70.9 Å². The third-order valence-electron chi connectivity index (χ3n) is 5.64. The molecule has 0 fully saturated rings. The van der Waals surface area contributed by atoms with Crippen molar-refractivity contribution in [1.82, 2.24) is 10.2 Å². The van der Waals surface area contributed by atoms with Gasteiger partial charge in [-0.15, -0.1) is 0 Å². The topological polar surface area (TPSA) is 66.5 Å². The van der Waals surface area contributed by atoms with E-state index in [0.29, 0.717) is 29.6 Å². The molecule has 166 valence electrons. The number of hydrogen-bond donors (Lipinski definition) is 1. The number of nitrogens with zero attached hydrogens (tertiary/aromatic N) is 1. The van der Waals surface area contributed by atoms with Gasteiger partial charge in [-0.1, -0.05) is 50.6 Å².